The fourth-order valence-electron chi connectivity index (χ4n) is 4.07. The molecule has 32 heavy (non-hydrogen) atoms. The van der Waals surface area contributed by atoms with E-state index in [-0.39, 0.29) is 40.5 Å². The van der Waals surface area contributed by atoms with Gasteiger partial charge in [-0.2, -0.15) is 4.31 Å². The smallest absolute Gasteiger partial charge is 0.309 e. The maximum absolute atomic E-state index is 12.9. The Morgan fingerprint density at radius 1 is 1.03 bits per heavy atom. The van der Waals surface area contributed by atoms with Gasteiger partial charge in [0.2, 0.25) is 10.0 Å². The van der Waals surface area contributed by atoms with E-state index in [0.29, 0.717) is 19.4 Å². The molecule has 1 amide bonds. The van der Waals surface area contributed by atoms with Crippen molar-refractivity contribution in [2.45, 2.75) is 24.2 Å². The fourth-order valence-corrected chi connectivity index (χ4v) is 6.28. The standard InChI is InChI=1S/C22H22Cl2N2O5S/c23-17-5-6-18(24)20(13-17)32(29,30)25-10-7-16(8-11-25)22(28)31-14-21(27)26-12-9-15-3-1-2-4-19(15)26/h1-6,13,16H,7-12,14H2. The number of carbonyl (C=O) groups excluding carboxylic acids is 2. The molecule has 0 aromatic heterocycles. The summed E-state index contributed by atoms with van der Waals surface area (Å²) >= 11 is 12.0. The Morgan fingerprint density at radius 3 is 2.50 bits per heavy atom. The molecule has 2 aliphatic heterocycles. The Morgan fingerprint density at radius 2 is 1.75 bits per heavy atom. The Labute approximate surface area is 196 Å². The van der Waals surface area contributed by atoms with E-state index in [0.717, 1.165) is 17.7 Å². The van der Waals surface area contributed by atoms with Gasteiger partial charge in [-0.15, -0.1) is 0 Å². The number of anilines is 1. The SMILES string of the molecule is O=C(OCC(=O)N1CCc2ccccc21)C1CCN(S(=O)(=O)c2cc(Cl)ccc2Cl)CC1. The van der Waals surface area contributed by atoms with Crippen molar-refractivity contribution in [1.29, 1.82) is 0 Å². The molecule has 1 fully saturated rings. The summed E-state index contributed by atoms with van der Waals surface area (Å²) in [6, 6.07) is 11.9. The summed E-state index contributed by atoms with van der Waals surface area (Å²) in [5.74, 6) is -1.21. The Balaban J connectivity index is 1.31. The largest absolute Gasteiger partial charge is 0.455 e. The number of sulfonamides is 1. The van der Waals surface area contributed by atoms with Crippen LogP contribution in [0.15, 0.2) is 47.4 Å². The van der Waals surface area contributed by atoms with Gasteiger partial charge in [0.15, 0.2) is 6.61 Å². The van der Waals surface area contributed by atoms with Crippen LogP contribution in [0.3, 0.4) is 0 Å². The lowest BCUT2D eigenvalue weighted by atomic mass is 9.98. The van der Waals surface area contributed by atoms with Crippen molar-refractivity contribution in [2.24, 2.45) is 5.92 Å². The van der Waals surface area contributed by atoms with E-state index in [2.05, 4.69) is 0 Å². The average Bonchev–Trinajstić information content (AvgIpc) is 3.23. The highest BCUT2D eigenvalue weighted by atomic mass is 35.5. The van der Waals surface area contributed by atoms with Gasteiger partial charge in [0.1, 0.15) is 4.90 Å². The Bertz CT molecular complexity index is 1150. The minimum absolute atomic E-state index is 0.0517. The molecule has 170 valence electrons. The zero-order valence-corrected chi connectivity index (χ0v) is 19.5. The molecule has 0 spiro atoms. The van der Waals surface area contributed by atoms with Gasteiger partial charge in [0.25, 0.3) is 5.91 Å². The molecule has 2 aromatic rings. The van der Waals surface area contributed by atoms with Gasteiger partial charge >= 0.3 is 5.97 Å². The maximum atomic E-state index is 12.9. The third-order valence-electron chi connectivity index (χ3n) is 5.82. The predicted octanol–water partition coefficient (Wildman–Crippen LogP) is 3.53. The molecule has 0 bridgehead atoms. The van der Waals surface area contributed by atoms with Gasteiger partial charge in [-0.3, -0.25) is 9.59 Å². The molecule has 2 heterocycles. The van der Waals surface area contributed by atoms with Crippen molar-refractivity contribution >= 4 is 50.8 Å². The summed E-state index contributed by atoms with van der Waals surface area (Å²) in [7, 11) is -3.83. The third-order valence-corrected chi connectivity index (χ3v) is 8.44. The van der Waals surface area contributed by atoms with E-state index in [1.807, 2.05) is 24.3 Å². The molecule has 0 N–H and O–H groups in total. The number of amides is 1. The molecular weight excluding hydrogens is 475 g/mol. The lowest BCUT2D eigenvalue weighted by Crippen LogP contribution is -2.41. The van der Waals surface area contributed by atoms with Crippen LogP contribution < -0.4 is 4.90 Å². The molecule has 1 saturated heterocycles. The molecule has 4 rings (SSSR count). The second-order valence-corrected chi connectivity index (χ2v) is 10.5. The van der Waals surface area contributed by atoms with E-state index in [1.165, 1.54) is 22.5 Å². The van der Waals surface area contributed by atoms with E-state index in [1.54, 1.807) is 4.90 Å². The summed E-state index contributed by atoms with van der Waals surface area (Å²) in [5, 5.41) is 0.370. The van der Waals surface area contributed by atoms with E-state index in [9.17, 15) is 18.0 Å². The average molecular weight is 497 g/mol. The van der Waals surface area contributed by atoms with Crippen molar-refractivity contribution in [2.75, 3.05) is 31.1 Å². The molecule has 2 aromatic carbocycles. The molecule has 0 aliphatic carbocycles. The lowest BCUT2D eigenvalue weighted by molar-refractivity contribution is -0.153. The number of carbonyl (C=O) groups is 2. The highest BCUT2D eigenvalue weighted by Gasteiger charge is 2.34. The minimum atomic E-state index is -3.83. The van der Waals surface area contributed by atoms with Crippen LogP contribution in [-0.2, 0) is 30.8 Å². The van der Waals surface area contributed by atoms with Gasteiger partial charge in [0, 0.05) is 30.3 Å². The van der Waals surface area contributed by atoms with Crippen LogP contribution in [0.5, 0.6) is 0 Å². The minimum Gasteiger partial charge on any atom is -0.455 e. The quantitative estimate of drug-likeness (QED) is 0.591. The number of nitrogens with zero attached hydrogens (tertiary/aromatic N) is 2. The van der Waals surface area contributed by atoms with E-state index >= 15 is 0 Å². The molecule has 7 nitrogen and oxygen atoms in total. The molecule has 0 radical (unpaired) electrons. The first-order valence-corrected chi connectivity index (χ1v) is 12.5. The third kappa shape index (κ3) is 4.64. The normalized spacial score (nSPS) is 17.2. The highest BCUT2D eigenvalue weighted by molar-refractivity contribution is 7.89. The van der Waals surface area contributed by atoms with Crippen molar-refractivity contribution in [3.8, 4) is 0 Å². The number of hydrogen-bond acceptors (Lipinski definition) is 5. The first-order chi connectivity index (χ1) is 15.3. The number of halogens is 2. The number of para-hydroxylation sites is 1. The van der Waals surface area contributed by atoms with Crippen molar-refractivity contribution in [1.82, 2.24) is 4.31 Å². The summed E-state index contributed by atoms with van der Waals surface area (Å²) in [6.07, 6.45) is 1.38. The van der Waals surface area contributed by atoms with Crippen LogP contribution in [0.4, 0.5) is 5.69 Å². The number of benzene rings is 2. The molecule has 10 heteroatoms. The van der Waals surface area contributed by atoms with Gasteiger partial charge < -0.3 is 9.64 Å². The highest BCUT2D eigenvalue weighted by Crippen LogP contribution is 2.31. The van der Waals surface area contributed by atoms with Gasteiger partial charge in [-0.05, 0) is 49.1 Å². The summed E-state index contributed by atoms with van der Waals surface area (Å²) in [4.78, 5) is 26.6. The van der Waals surface area contributed by atoms with Crippen LogP contribution >= 0.6 is 23.2 Å². The molecule has 0 unspecified atom stereocenters. The number of hydrogen-bond donors (Lipinski definition) is 0. The second kappa shape index (κ2) is 9.39. The van der Waals surface area contributed by atoms with Gasteiger partial charge in [-0.25, -0.2) is 8.42 Å². The lowest BCUT2D eigenvalue weighted by Gasteiger charge is -2.30. The number of fused-ring (bicyclic) bond motifs is 1. The Hall–Kier alpha value is -2.13. The number of esters is 1. The van der Waals surface area contributed by atoms with Crippen molar-refractivity contribution < 1.29 is 22.7 Å². The van der Waals surface area contributed by atoms with Gasteiger partial charge in [0.05, 0.1) is 10.9 Å². The van der Waals surface area contributed by atoms with E-state index in [4.69, 9.17) is 27.9 Å². The number of ether oxygens (including phenoxy) is 1. The molecule has 2 aliphatic rings. The van der Waals surface area contributed by atoms with Crippen molar-refractivity contribution in [3.63, 3.8) is 0 Å². The van der Waals surface area contributed by atoms with Gasteiger partial charge in [-0.1, -0.05) is 41.4 Å². The van der Waals surface area contributed by atoms with Crippen LogP contribution in [0.2, 0.25) is 10.0 Å². The zero-order valence-electron chi connectivity index (χ0n) is 17.2. The fraction of sp³-hybridized carbons (Fsp3) is 0.364. The topological polar surface area (TPSA) is 84.0 Å². The summed E-state index contributed by atoms with van der Waals surface area (Å²) in [6.45, 7) is 0.540. The maximum Gasteiger partial charge on any atom is 0.309 e. The summed E-state index contributed by atoms with van der Waals surface area (Å²) in [5.41, 5.74) is 1.95. The number of piperidine rings is 1. The van der Waals surface area contributed by atoms with Crippen LogP contribution in [0.1, 0.15) is 18.4 Å². The first kappa shape index (κ1) is 23.0. The van der Waals surface area contributed by atoms with Crippen molar-refractivity contribution in [3.05, 3.63) is 58.1 Å². The molecule has 0 atom stereocenters. The monoisotopic (exact) mass is 496 g/mol. The van der Waals surface area contributed by atoms with Crippen LogP contribution in [0, 0.1) is 5.92 Å². The number of rotatable bonds is 5. The molecular formula is C22H22Cl2N2O5S. The zero-order chi connectivity index (χ0) is 22.9. The predicted molar refractivity (Wildman–Crippen MR) is 121 cm³/mol. The molecule has 0 saturated carbocycles. The van der Waals surface area contributed by atoms with Crippen LogP contribution in [-0.4, -0.2) is 50.8 Å². The first-order valence-electron chi connectivity index (χ1n) is 10.3. The second-order valence-electron chi connectivity index (χ2n) is 7.78. The Kier molecular flexibility index (Phi) is 6.76. The van der Waals surface area contributed by atoms with Crippen LogP contribution in [0.25, 0.3) is 0 Å². The van der Waals surface area contributed by atoms with E-state index < -0.39 is 21.9 Å². The summed E-state index contributed by atoms with van der Waals surface area (Å²) < 4.78 is 32.4.